The smallest absolute Gasteiger partial charge is 1.00 e. The van der Waals surface area contributed by atoms with Gasteiger partial charge in [0.2, 0.25) is 0 Å². The zero-order valence-electron chi connectivity index (χ0n) is 9.87. The van der Waals surface area contributed by atoms with Crippen LogP contribution in [0.15, 0.2) is 0 Å². The molecule has 0 rings (SSSR count). The third-order valence-corrected chi connectivity index (χ3v) is 1.44. The molecular formula is C8H19AlLiNO4. The Labute approximate surface area is 114 Å². The fourth-order valence-electron chi connectivity index (χ4n) is 0.861. The van der Waals surface area contributed by atoms with Crippen molar-refractivity contribution in [1.29, 1.82) is 0 Å². The van der Waals surface area contributed by atoms with Crippen molar-refractivity contribution < 1.29 is 39.7 Å². The van der Waals surface area contributed by atoms with Crippen molar-refractivity contribution in [2.75, 3.05) is 6.61 Å². The van der Waals surface area contributed by atoms with E-state index in [1.165, 1.54) is 0 Å². The molecule has 15 heavy (non-hydrogen) atoms. The molecule has 0 saturated carbocycles. The zero-order chi connectivity index (χ0) is 10.3. The summed E-state index contributed by atoms with van der Waals surface area (Å²) in [5.41, 5.74) is 0. The molecule has 5 nitrogen and oxygen atoms in total. The van der Waals surface area contributed by atoms with Gasteiger partial charge in [-0.15, -0.1) is 0 Å². The van der Waals surface area contributed by atoms with Crippen LogP contribution in [-0.2, 0) is 9.53 Å². The molecule has 0 aliphatic heterocycles. The average molecular weight is 227 g/mol. The molecule has 0 aromatic carbocycles. The fraction of sp³-hybridized carbons (Fsp3) is 0.750. The molecule has 0 radical (unpaired) electrons. The van der Waals surface area contributed by atoms with Crippen LogP contribution in [0.4, 0.5) is 4.79 Å². The monoisotopic (exact) mass is 227 g/mol. The summed E-state index contributed by atoms with van der Waals surface area (Å²) >= 11 is 0. The van der Waals surface area contributed by atoms with E-state index in [9.17, 15) is 9.59 Å². The summed E-state index contributed by atoms with van der Waals surface area (Å²) in [4.78, 5) is 21.4. The van der Waals surface area contributed by atoms with Gasteiger partial charge in [0.05, 0.1) is 6.61 Å². The SMILES string of the molecule is CCC[C@@H](NC(=O)OCC)C(=O)O.[AlH3].[H-].[Li+]. The first-order valence-electron chi connectivity index (χ1n) is 4.27. The first-order chi connectivity index (χ1) is 6.11. The Balaban J connectivity index is -0.000000240. The molecule has 84 valence electrons. The van der Waals surface area contributed by atoms with E-state index in [0.717, 1.165) is 0 Å². The number of carbonyl (C=O) groups excluding carboxylic acids is 1. The van der Waals surface area contributed by atoms with Gasteiger partial charge in [-0.2, -0.15) is 0 Å². The number of aliphatic carboxylic acids is 1. The van der Waals surface area contributed by atoms with Gasteiger partial charge in [-0.1, -0.05) is 13.3 Å². The summed E-state index contributed by atoms with van der Waals surface area (Å²) in [6, 6.07) is -0.843. The number of hydrogen-bond acceptors (Lipinski definition) is 3. The van der Waals surface area contributed by atoms with Gasteiger partial charge in [-0.3, -0.25) is 0 Å². The summed E-state index contributed by atoms with van der Waals surface area (Å²) in [7, 11) is 0. The van der Waals surface area contributed by atoms with E-state index in [2.05, 4.69) is 10.1 Å². The van der Waals surface area contributed by atoms with Crippen LogP contribution in [-0.4, -0.2) is 47.2 Å². The molecule has 7 heteroatoms. The fourth-order valence-corrected chi connectivity index (χ4v) is 0.861. The molecule has 0 aromatic rings. The Morgan fingerprint density at radius 2 is 2.00 bits per heavy atom. The minimum atomic E-state index is -1.03. The van der Waals surface area contributed by atoms with Crippen LogP contribution in [0.2, 0.25) is 0 Å². The van der Waals surface area contributed by atoms with E-state index in [4.69, 9.17) is 5.11 Å². The molecule has 0 bridgehead atoms. The van der Waals surface area contributed by atoms with E-state index in [1.807, 2.05) is 6.92 Å². The van der Waals surface area contributed by atoms with Crippen LogP contribution in [0.3, 0.4) is 0 Å². The van der Waals surface area contributed by atoms with E-state index >= 15 is 0 Å². The van der Waals surface area contributed by atoms with E-state index in [0.29, 0.717) is 12.8 Å². The van der Waals surface area contributed by atoms with Crippen LogP contribution in [0, 0.1) is 0 Å². The maximum absolute atomic E-state index is 10.8. The number of amides is 1. The minimum Gasteiger partial charge on any atom is -1.00 e. The van der Waals surface area contributed by atoms with Gasteiger partial charge in [0.1, 0.15) is 6.04 Å². The molecule has 0 aliphatic rings. The van der Waals surface area contributed by atoms with Crippen molar-refractivity contribution in [2.24, 2.45) is 0 Å². The van der Waals surface area contributed by atoms with Gasteiger partial charge in [0.15, 0.2) is 17.4 Å². The van der Waals surface area contributed by atoms with E-state index in [-0.39, 0.29) is 44.3 Å². The largest absolute Gasteiger partial charge is 1.00 e. The molecule has 0 saturated heterocycles. The maximum Gasteiger partial charge on any atom is 1.00 e. The standard InChI is InChI=1S/C8H15NO4.Al.Li.4H/c1-3-5-6(7(10)11)9-8(12)13-4-2;;;;;;/h6H,3-5H2,1-2H3,(H,9,12)(H,10,11);;;;;;/q;;+1;;;;-1/t6-;;;;;;/m1....../s1. The first kappa shape index (κ1) is 20.3. The number of nitrogens with one attached hydrogen (secondary N) is 1. The summed E-state index contributed by atoms with van der Waals surface area (Å²) in [6.07, 6.45) is 0.431. The Morgan fingerprint density at radius 1 is 1.47 bits per heavy atom. The van der Waals surface area contributed by atoms with Gasteiger partial charge in [0.25, 0.3) is 0 Å². The molecule has 0 aliphatic carbocycles. The number of ether oxygens (including phenoxy) is 1. The molecule has 1 atom stereocenters. The molecule has 0 aromatic heterocycles. The van der Waals surface area contributed by atoms with Crippen molar-refractivity contribution in [3.05, 3.63) is 0 Å². The summed E-state index contributed by atoms with van der Waals surface area (Å²) < 4.78 is 4.56. The summed E-state index contributed by atoms with van der Waals surface area (Å²) in [5.74, 6) is -1.03. The maximum atomic E-state index is 10.8. The van der Waals surface area contributed by atoms with Gasteiger partial charge in [-0.05, 0) is 13.3 Å². The number of carboxylic acids is 1. The number of rotatable bonds is 5. The Kier molecular flexibility index (Phi) is 16.2. The van der Waals surface area contributed by atoms with Gasteiger partial charge < -0.3 is 16.6 Å². The number of carbonyl (C=O) groups is 2. The Hall–Kier alpha value is -0.130. The number of hydrogen-bond donors (Lipinski definition) is 2. The molecule has 0 fully saturated rings. The zero-order valence-corrected chi connectivity index (χ0v) is 8.87. The van der Waals surface area contributed by atoms with Crippen LogP contribution < -0.4 is 24.2 Å². The average Bonchev–Trinajstić information content (AvgIpc) is 2.04. The third-order valence-electron chi connectivity index (χ3n) is 1.44. The van der Waals surface area contributed by atoms with Crippen LogP contribution >= 0.6 is 0 Å². The van der Waals surface area contributed by atoms with Crippen molar-refractivity contribution >= 4 is 29.4 Å². The van der Waals surface area contributed by atoms with Crippen molar-refractivity contribution in [1.82, 2.24) is 5.32 Å². The second kappa shape index (κ2) is 11.9. The van der Waals surface area contributed by atoms with Crippen molar-refractivity contribution in [3.8, 4) is 0 Å². The molecular weight excluding hydrogens is 208 g/mol. The Morgan fingerprint density at radius 3 is 2.33 bits per heavy atom. The van der Waals surface area contributed by atoms with Gasteiger partial charge >= 0.3 is 30.9 Å². The normalized spacial score (nSPS) is 10.3. The predicted molar refractivity (Wildman–Crippen MR) is 57.5 cm³/mol. The van der Waals surface area contributed by atoms with Crippen LogP contribution in [0.5, 0.6) is 0 Å². The van der Waals surface area contributed by atoms with Crippen molar-refractivity contribution in [2.45, 2.75) is 32.7 Å². The summed E-state index contributed by atoms with van der Waals surface area (Å²) in [6.45, 7) is 3.75. The molecule has 0 heterocycles. The third kappa shape index (κ3) is 10.2. The van der Waals surface area contributed by atoms with E-state index in [1.54, 1.807) is 6.92 Å². The van der Waals surface area contributed by atoms with Crippen LogP contribution in [0.25, 0.3) is 0 Å². The number of carboxylic acid groups (broad SMARTS) is 1. The van der Waals surface area contributed by atoms with Gasteiger partial charge in [0, 0.05) is 0 Å². The predicted octanol–water partition coefficient (Wildman–Crippen LogP) is -3.08. The minimum absolute atomic E-state index is 0. The second-order valence-electron chi connectivity index (χ2n) is 2.54. The summed E-state index contributed by atoms with van der Waals surface area (Å²) in [5, 5.41) is 10.9. The molecule has 1 amide bonds. The van der Waals surface area contributed by atoms with Crippen LogP contribution in [0.1, 0.15) is 28.1 Å². The molecule has 0 unspecified atom stereocenters. The second-order valence-corrected chi connectivity index (χ2v) is 2.54. The topological polar surface area (TPSA) is 75.6 Å². The van der Waals surface area contributed by atoms with Crippen molar-refractivity contribution in [3.63, 3.8) is 0 Å². The quantitative estimate of drug-likeness (QED) is 0.488. The molecule has 0 spiro atoms. The van der Waals surface area contributed by atoms with Gasteiger partial charge in [-0.25, -0.2) is 9.59 Å². The molecule has 2 N–H and O–H groups in total. The van der Waals surface area contributed by atoms with E-state index < -0.39 is 18.1 Å². The first-order valence-corrected chi connectivity index (χ1v) is 4.27. The number of alkyl carbamates (subject to hydrolysis) is 1. The Bertz CT molecular complexity index is 197.